The van der Waals surface area contributed by atoms with Crippen LogP contribution in [0.4, 0.5) is 4.79 Å². The van der Waals surface area contributed by atoms with Crippen molar-refractivity contribution >= 4 is 12.1 Å². The summed E-state index contributed by atoms with van der Waals surface area (Å²) < 4.78 is 5.46. The van der Waals surface area contributed by atoms with E-state index in [1.165, 1.54) is 0 Å². The maximum absolute atomic E-state index is 12.4. The van der Waals surface area contributed by atoms with Crippen LogP contribution in [-0.4, -0.2) is 23.8 Å². The molecule has 1 unspecified atom stereocenters. The van der Waals surface area contributed by atoms with Crippen molar-refractivity contribution in [3.63, 3.8) is 0 Å². The number of hydrogen-bond donors (Lipinski definition) is 2. The van der Waals surface area contributed by atoms with Gasteiger partial charge in [-0.15, -0.1) is 0 Å². The Morgan fingerprint density at radius 3 is 2.17 bits per heavy atom. The van der Waals surface area contributed by atoms with Crippen molar-refractivity contribution in [2.24, 2.45) is 0 Å². The van der Waals surface area contributed by atoms with E-state index >= 15 is 0 Å². The lowest BCUT2D eigenvalue weighted by atomic mass is 9.98. The summed E-state index contributed by atoms with van der Waals surface area (Å²) in [6, 6.07) is 22.0. The zero-order valence-corrected chi connectivity index (χ0v) is 16.0. The Bertz CT molecular complexity index is 1030. The molecule has 1 aliphatic rings. The summed E-state index contributed by atoms with van der Waals surface area (Å²) in [5.74, 6) is -1.21. The Hall–Kier alpha value is -3.60. The maximum atomic E-state index is 12.4. The molecule has 1 amide bonds. The lowest BCUT2D eigenvalue weighted by Crippen LogP contribution is -2.34. The van der Waals surface area contributed by atoms with Crippen LogP contribution < -0.4 is 5.32 Å². The van der Waals surface area contributed by atoms with Crippen molar-refractivity contribution in [1.82, 2.24) is 5.32 Å². The van der Waals surface area contributed by atoms with E-state index in [2.05, 4.69) is 17.4 Å². The number of rotatable bonds is 5. The molecule has 3 aromatic rings. The number of hydrogen-bond acceptors (Lipinski definition) is 3. The summed E-state index contributed by atoms with van der Waals surface area (Å²) in [5, 5.41) is 12.0. The molecule has 3 aromatic carbocycles. The van der Waals surface area contributed by atoms with E-state index in [4.69, 9.17) is 4.74 Å². The Balaban J connectivity index is 1.49. The second-order valence-corrected chi connectivity index (χ2v) is 7.16. The molecule has 0 bridgehead atoms. The molecule has 0 heterocycles. The molecule has 0 saturated heterocycles. The summed E-state index contributed by atoms with van der Waals surface area (Å²) in [5.41, 5.74) is 5.92. The number of amides is 1. The predicted molar refractivity (Wildman–Crippen MR) is 110 cm³/mol. The first-order chi connectivity index (χ1) is 14.0. The summed E-state index contributed by atoms with van der Waals surface area (Å²) in [7, 11) is 0. The fourth-order valence-corrected chi connectivity index (χ4v) is 3.90. The SMILES string of the molecule is Cc1cccc(C(NC(=O)OCC2c3ccccc3-c3ccccc32)C(=O)O)c1. The van der Waals surface area contributed by atoms with Crippen LogP contribution in [0.3, 0.4) is 0 Å². The van der Waals surface area contributed by atoms with Gasteiger partial charge in [0.15, 0.2) is 6.04 Å². The second-order valence-electron chi connectivity index (χ2n) is 7.16. The fourth-order valence-electron chi connectivity index (χ4n) is 3.90. The average Bonchev–Trinajstić information content (AvgIpc) is 3.04. The molecule has 5 heteroatoms. The fraction of sp³-hybridized carbons (Fsp3) is 0.167. The Labute approximate surface area is 169 Å². The smallest absolute Gasteiger partial charge is 0.408 e. The predicted octanol–water partition coefficient (Wildman–Crippen LogP) is 4.66. The molecule has 0 spiro atoms. The molecule has 1 atom stereocenters. The monoisotopic (exact) mass is 387 g/mol. The topological polar surface area (TPSA) is 75.6 Å². The van der Waals surface area contributed by atoms with Gasteiger partial charge in [0.05, 0.1) is 0 Å². The first-order valence-electron chi connectivity index (χ1n) is 9.45. The Morgan fingerprint density at radius 1 is 0.966 bits per heavy atom. The van der Waals surface area contributed by atoms with E-state index in [9.17, 15) is 14.7 Å². The quantitative estimate of drug-likeness (QED) is 0.668. The van der Waals surface area contributed by atoms with Crippen molar-refractivity contribution < 1.29 is 19.4 Å². The van der Waals surface area contributed by atoms with E-state index < -0.39 is 18.1 Å². The third-order valence-electron chi connectivity index (χ3n) is 5.23. The zero-order chi connectivity index (χ0) is 20.4. The highest BCUT2D eigenvalue weighted by atomic mass is 16.5. The van der Waals surface area contributed by atoms with E-state index in [-0.39, 0.29) is 12.5 Å². The Morgan fingerprint density at radius 2 is 1.59 bits per heavy atom. The maximum Gasteiger partial charge on any atom is 0.408 e. The highest BCUT2D eigenvalue weighted by molar-refractivity contribution is 5.82. The molecule has 0 saturated carbocycles. The van der Waals surface area contributed by atoms with Gasteiger partial charge < -0.3 is 15.2 Å². The van der Waals surface area contributed by atoms with E-state index in [0.29, 0.717) is 5.56 Å². The van der Waals surface area contributed by atoms with Gasteiger partial charge in [0, 0.05) is 5.92 Å². The molecule has 146 valence electrons. The average molecular weight is 387 g/mol. The number of carboxylic acids is 1. The van der Waals surface area contributed by atoms with Crippen molar-refractivity contribution in [1.29, 1.82) is 0 Å². The number of alkyl carbamates (subject to hydrolysis) is 1. The van der Waals surface area contributed by atoms with Gasteiger partial charge >= 0.3 is 12.1 Å². The number of carboxylic acid groups (broad SMARTS) is 1. The molecule has 0 radical (unpaired) electrons. The molecule has 1 aliphatic carbocycles. The number of carbonyl (C=O) groups is 2. The van der Waals surface area contributed by atoms with Crippen LogP contribution in [0.1, 0.15) is 34.2 Å². The molecule has 0 aliphatic heterocycles. The van der Waals surface area contributed by atoms with Gasteiger partial charge in [0.2, 0.25) is 0 Å². The third-order valence-corrected chi connectivity index (χ3v) is 5.23. The second kappa shape index (κ2) is 7.80. The summed E-state index contributed by atoms with van der Waals surface area (Å²) in [6.45, 7) is 2.01. The number of aryl methyl sites for hydroxylation is 1. The highest BCUT2D eigenvalue weighted by Gasteiger charge is 2.30. The minimum atomic E-state index is -1.16. The van der Waals surface area contributed by atoms with Crippen LogP contribution in [0.25, 0.3) is 11.1 Å². The summed E-state index contributed by atoms with van der Waals surface area (Å²) in [6.07, 6.45) is -0.749. The summed E-state index contributed by atoms with van der Waals surface area (Å²) >= 11 is 0. The molecular weight excluding hydrogens is 366 g/mol. The molecule has 5 nitrogen and oxygen atoms in total. The van der Waals surface area contributed by atoms with Crippen LogP contribution in [0.15, 0.2) is 72.8 Å². The largest absolute Gasteiger partial charge is 0.479 e. The van der Waals surface area contributed by atoms with E-state index in [1.807, 2.05) is 49.4 Å². The van der Waals surface area contributed by atoms with Crippen LogP contribution in [0.5, 0.6) is 0 Å². The molecule has 2 N–H and O–H groups in total. The number of carbonyl (C=O) groups excluding carboxylic acids is 1. The Kier molecular flexibility index (Phi) is 5.04. The van der Waals surface area contributed by atoms with E-state index in [0.717, 1.165) is 27.8 Å². The first kappa shape index (κ1) is 18.7. The van der Waals surface area contributed by atoms with Crippen LogP contribution in [-0.2, 0) is 9.53 Å². The van der Waals surface area contributed by atoms with Crippen molar-refractivity contribution in [2.75, 3.05) is 6.61 Å². The van der Waals surface area contributed by atoms with Crippen molar-refractivity contribution in [3.05, 3.63) is 95.1 Å². The van der Waals surface area contributed by atoms with Gasteiger partial charge in [-0.05, 0) is 34.7 Å². The molecular formula is C24H21NO4. The normalized spacial score (nSPS) is 13.3. The van der Waals surface area contributed by atoms with Gasteiger partial charge in [-0.1, -0.05) is 78.4 Å². The van der Waals surface area contributed by atoms with Gasteiger partial charge in [0.1, 0.15) is 6.61 Å². The standard InChI is InChI=1S/C24H21NO4/c1-15-7-6-8-16(13-15)22(23(26)27)25-24(28)29-14-21-19-11-4-2-9-17(19)18-10-3-5-12-20(18)21/h2-13,21-22H,14H2,1H3,(H,25,28)(H,26,27). The molecule has 4 rings (SSSR count). The van der Waals surface area contributed by atoms with Crippen LogP contribution in [0.2, 0.25) is 0 Å². The third kappa shape index (κ3) is 3.72. The lowest BCUT2D eigenvalue weighted by Gasteiger charge is -2.18. The lowest BCUT2D eigenvalue weighted by molar-refractivity contribution is -0.139. The first-order valence-corrected chi connectivity index (χ1v) is 9.45. The number of ether oxygens (including phenoxy) is 1. The number of benzene rings is 3. The number of aliphatic carboxylic acids is 1. The summed E-state index contributed by atoms with van der Waals surface area (Å²) in [4.78, 5) is 24.1. The van der Waals surface area contributed by atoms with E-state index in [1.54, 1.807) is 18.2 Å². The minimum Gasteiger partial charge on any atom is -0.479 e. The number of nitrogens with one attached hydrogen (secondary N) is 1. The van der Waals surface area contributed by atoms with Crippen LogP contribution in [0, 0.1) is 6.92 Å². The highest BCUT2D eigenvalue weighted by Crippen LogP contribution is 2.44. The van der Waals surface area contributed by atoms with Crippen molar-refractivity contribution in [3.8, 4) is 11.1 Å². The minimum absolute atomic E-state index is 0.0737. The van der Waals surface area contributed by atoms with Gasteiger partial charge in [0.25, 0.3) is 0 Å². The van der Waals surface area contributed by atoms with Crippen molar-refractivity contribution in [2.45, 2.75) is 18.9 Å². The molecule has 29 heavy (non-hydrogen) atoms. The number of fused-ring (bicyclic) bond motifs is 3. The molecule has 0 fully saturated rings. The zero-order valence-electron chi connectivity index (χ0n) is 16.0. The van der Waals surface area contributed by atoms with Gasteiger partial charge in [-0.3, -0.25) is 0 Å². The molecule has 0 aromatic heterocycles. The van der Waals surface area contributed by atoms with Crippen LogP contribution >= 0.6 is 0 Å². The van der Waals surface area contributed by atoms with Gasteiger partial charge in [-0.2, -0.15) is 0 Å². The van der Waals surface area contributed by atoms with Gasteiger partial charge in [-0.25, -0.2) is 9.59 Å².